The van der Waals surface area contributed by atoms with Crippen molar-refractivity contribution in [3.05, 3.63) is 34.9 Å². The standard InChI is InChI=1S/C13H7ClN6OS2/c1-15-10-9-6(5-16-13(10)22-2)12(23-20-9)19-18-8-4-3-7(21)11(14)17-8/h3-5,21H,2H3/b19-18+. The summed E-state index contributed by atoms with van der Waals surface area (Å²) in [5.74, 6) is 0.137. The lowest BCUT2D eigenvalue weighted by Gasteiger charge is -1.99. The van der Waals surface area contributed by atoms with Crippen LogP contribution in [-0.2, 0) is 0 Å². The smallest absolute Gasteiger partial charge is 0.245 e. The molecule has 114 valence electrons. The van der Waals surface area contributed by atoms with Crippen LogP contribution in [0.1, 0.15) is 0 Å². The van der Waals surface area contributed by atoms with Gasteiger partial charge in [0, 0.05) is 11.6 Å². The monoisotopic (exact) mass is 362 g/mol. The number of nitrogens with zero attached hydrogens (tertiary/aromatic N) is 6. The van der Waals surface area contributed by atoms with E-state index in [1.54, 1.807) is 6.20 Å². The highest BCUT2D eigenvalue weighted by Crippen LogP contribution is 2.39. The Morgan fingerprint density at radius 2 is 2.22 bits per heavy atom. The predicted molar refractivity (Wildman–Crippen MR) is 90.5 cm³/mol. The predicted octanol–water partition coefficient (Wildman–Crippen LogP) is 5.13. The summed E-state index contributed by atoms with van der Waals surface area (Å²) in [7, 11) is 0. The van der Waals surface area contributed by atoms with E-state index in [1.165, 1.54) is 23.9 Å². The maximum absolute atomic E-state index is 9.33. The van der Waals surface area contributed by atoms with Crippen LogP contribution >= 0.6 is 34.9 Å². The molecule has 0 fully saturated rings. The molecular formula is C13H7ClN6OS2. The Labute approximate surface area is 144 Å². The number of aromatic nitrogens is 3. The topological polar surface area (TPSA) is 88.0 Å². The molecule has 0 bridgehead atoms. The number of halogens is 1. The zero-order valence-corrected chi connectivity index (χ0v) is 13.9. The molecular weight excluding hydrogens is 356 g/mol. The number of azo groups is 1. The molecule has 0 atom stereocenters. The molecule has 0 aliphatic heterocycles. The summed E-state index contributed by atoms with van der Waals surface area (Å²) in [4.78, 5) is 11.6. The van der Waals surface area contributed by atoms with Gasteiger partial charge < -0.3 is 5.11 Å². The van der Waals surface area contributed by atoms with Crippen LogP contribution in [0.25, 0.3) is 15.7 Å². The summed E-state index contributed by atoms with van der Waals surface area (Å²) in [6.07, 6.45) is 3.49. The van der Waals surface area contributed by atoms with E-state index >= 15 is 0 Å². The van der Waals surface area contributed by atoms with Gasteiger partial charge in [-0.05, 0) is 29.9 Å². The Morgan fingerprint density at radius 1 is 1.39 bits per heavy atom. The molecule has 3 aromatic rings. The molecule has 0 radical (unpaired) electrons. The summed E-state index contributed by atoms with van der Waals surface area (Å²) in [5, 5.41) is 19.2. The average molecular weight is 363 g/mol. The summed E-state index contributed by atoms with van der Waals surface area (Å²) < 4.78 is 4.28. The number of hydrogen-bond acceptors (Lipinski definition) is 8. The van der Waals surface area contributed by atoms with E-state index in [2.05, 4.69) is 29.4 Å². The van der Waals surface area contributed by atoms with Crippen molar-refractivity contribution in [1.82, 2.24) is 14.3 Å². The Bertz CT molecular complexity index is 965. The fourth-order valence-electron chi connectivity index (χ4n) is 1.75. The van der Waals surface area contributed by atoms with E-state index in [9.17, 15) is 5.11 Å². The van der Waals surface area contributed by atoms with Crippen molar-refractivity contribution in [2.45, 2.75) is 5.03 Å². The first kappa shape index (κ1) is 15.6. The van der Waals surface area contributed by atoms with Crippen LogP contribution in [-0.4, -0.2) is 25.7 Å². The second-order valence-electron chi connectivity index (χ2n) is 4.16. The van der Waals surface area contributed by atoms with E-state index in [-0.39, 0.29) is 16.7 Å². The highest BCUT2D eigenvalue weighted by atomic mass is 35.5. The van der Waals surface area contributed by atoms with Crippen molar-refractivity contribution in [3.63, 3.8) is 0 Å². The molecule has 0 spiro atoms. The number of pyridine rings is 2. The molecule has 0 aliphatic carbocycles. The largest absolute Gasteiger partial charge is 0.505 e. The minimum atomic E-state index is -0.121. The number of rotatable bonds is 3. The van der Waals surface area contributed by atoms with Crippen LogP contribution in [0.4, 0.5) is 16.5 Å². The van der Waals surface area contributed by atoms with Gasteiger partial charge in [0.05, 0.1) is 12.1 Å². The van der Waals surface area contributed by atoms with Gasteiger partial charge in [0.25, 0.3) is 0 Å². The minimum absolute atomic E-state index is 0.0443. The molecule has 3 heterocycles. The maximum Gasteiger partial charge on any atom is 0.245 e. The van der Waals surface area contributed by atoms with E-state index in [1.807, 2.05) is 6.26 Å². The molecule has 0 aromatic carbocycles. The van der Waals surface area contributed by atoms with Gasteiger partial charge in [-0.15, -0.1) is 22.0 Å². The quantitative estimate of drug-likeness (QED) is 0.302. The molecule has 0 aliphatic rings. The Morgan fingerprint density at radius 3 is 2.91 bits per heavy atom. The van der Waals surface area contributed by atoms with E-state index in [0.717, 1.165) is 11.5 Å². The Kier molecular flexibility index (Phi) is 4.38. The van der Waals surface area contributed by atoms with Crippen molar-refractivity contribution < 1.29 is 5.11 Å². The molecule has 3 rings (SSSR count). The first-order chi connectivity index (χ1) is 11.1. The van der Waals surface area contributed by atoms with Crippen molar-refractivity contribution in [3.8, 4) is 5.75 Å². The van der Waals surface area contributed by atoms with Gasteiger partial charge in [-0.2, -0.15) is 0 Å². The van der Waals surface area contributed by atoms with Crippen LogP contribution in [0, 0.1) is 6.57 Å². The third kappa shape index (κ3) is 2.96. The Balaban J connectivity index is 2.02. The molecule has 0 saturated carbocycles. The van der Waals surface area contributed by atoms with Gasteiger partial charge in [0.2, 0.25) is 5.69 Å². The number of hydrogen-bond donors (Lipinski definition) is 1. The normalized spacial score (nSPS) is 11.2. The van der Waals surface area contributed by atoms with E-state index in [4.69, 9.17) is 18.2 Å². The molecule has 0 saturated heterocycles. The van der Waals surface area contributed by atoms with Crippen LogP contribution in [0.15, 0.2) is 33.6 Å². The highest BCUT2D eigenvalue weighted by Gasteiger charge is 2.15. The molecule has 10 heteroatoms. The van der Waals surface area contributed by atoms with E-state index in [0.29, 0.717) is 26.6 Å². The van der Waals surface area contributed by atoms with Crippen LogP contribution in [0.3, 0.4) is 0 Å². The number of thioether (sulfide) groups is 1. The van der Waals surface area contributed by atoms with E-state index < -0.39 is 0 Å². The third-order valence-corrected chi connectivity index (χ3v) is 4.52. The average Bonchev–Trinajstić information content (AvgIpc) is 2.98. The van der Waals surface area contributed by atoms with Crippen LogP contribution in [0.5, 0.6) is 5.75 Å². The lowest BCUT2D eigenvalue weighted by Crippen LogP contribution is -1.80. The molecule has 0 amide bonds. The van der Waals surface area contributed by atoms with Gasteiger partial charge in [-0.3, -0.25) is 4.98 Å². The summed E-state index contributed by atoms with van der Waals surface area (Å²) in [6.45, 7) is 7.29. The van der Waals surface area contributed by atoms with Crippen molar-refractivity contribution >= 4 is 62.3 Å². The fraction of sp³-hybridized carbons (Fsp3) is 0.0769. The van der Waals surface area contributed by atoms with Gasteiger partial charge in [0.1, 0.15) is 5.03 Å². The fourth-order valence-corrected chi connectivity index (χ4v) is 3.08. The second-order valence-corrected chi connectivity index (χ2v) is 6.06. The molecule has 0 unspecified atom stereocenters. The lowest BCUT2D eigenvalue weighted by atomic mass is 10.3. The second kappa shape index (κ2) is 6.45. The van der Waals surface area contributed by atoms with Crippen molar-refractivity contribution in [2.75, 3.05) is 6.26 Å². The summed E-state index contributed by atoms with van der Waals surface area (Å²) >= 11 is 8.24. The van der Waals surface area contributed by atoms with Crippen LogP contribution in [0.2, 0.25) is 5.15 Å². The minimum Gasteiger partial charge on any atom is -0.505 e. The highest BCUT2D eigenvalue weighted by molar-refractivity contribution is 7.98. The van der Waals surface area contributed by atoms with Crippen LogP contribution < -0.4 is 0 Å². The molecule has 3 aromatic heterocycles. The summed E-state index contributed by atoms with van der Waals surface area (Å²) in [6, 6.07) is 2.88. The zero-order valence-electron chi connectivity index (χ0n) is 11.6. The third-order valence-electron chi connectivity index (χ3n) is 2.81. The van der Waals surface area contributed by atoms with Gasteiger partial charge >= 0.3 is 0 Å². The first-order valence-corrected chi connectivity index (χ1v) is 8.48. The zero-order chi connectivity index (χ0) is 16.4. The Hall–Kier alpha value is -2.28. The molecule has 1 N–H and O–H groups in total. The molecule has 7 nitrogen and oxygen atoms in total. The SMILES string of the molecule is [C-]#[N+]c1c(SC)ncc2c(/N=N/c3ccc(O)c(Cl)n3)snc12. The maximum atomic E-state index is 9.33. The van der Waals surface area contributed by atoms with Crippen molar-refractivity contribution in [1.29, 1.82) is 0 Å². The summed E-state index contributed by atoms with van der Waals surface area (Å²) in [5.41, 5.74) is 0.980. The number of fused-ring (bicyclic) bond motifs is 1. The van der Waals surface area contributed by atoms with Crippen molar-refractivity contribution in [2.24, 2.45) is 10.2 Å². The van der Waals surface area contributed by atoms with Gasteiger partial charge in [-0.1, -0.05) is 11.6 Å². The first-order valence-electron chi connectivity index (χ1n) is 6.11. The molecule has 23 heavy (non-hydrogen) atoms. The lowest BCUT2D eigenvalue weighted by molar-refractivity contribution is 0.473. The van der Waals surface area contributed by atoms with Gasteiger partial charge in [0.15, 0.2) is 21.7 Å². The number of aromatic hydroxyl groups is 1. The van der Waals surface area contributed by atoms with Gasteiger partial charge in [-0.25, -0.2) is 14.2 Å².